The average molecular weight is 193 g/mol. The zero-order chi connectivity index (χ0) is 10.1. The highest BCUT2D eigenvalue weighted by Crippen LogP contribution is 2.11. The van der Waals surface area contributed by atoms with Gasteiger partial charge in [0.25, 0.3) is 5.56 Å². The molecular weight excluding hydrogens is 185 g/mol. The lowest BCUT2D eigenvalue weighted by Gasteiger charge is -1.95. The molecule has 0 radical (unpaired) electrons. The maximum Gasteiger partial charge on any atom is 0.266 e. The first kappa shape index (κ1) is 8.68. The number of hydrogen-bond acceptors (Lipinski definition) is 2. The van der Waals surface area contributed by atoms with E-state index in [1.165, 1.54) is 22.9 Å². The number of hydrogen-bond donors (Lipinski definition) is 1. The third kappa shape index (κ3) is 1.44. The number of H-pyrrole nitrogens is 1. The highest BCUT2D eigenvalue weighted by atomic mass is 19.1. The molecule has 0 aliphatic rings. The van der Waals surface area contributed by atoms with Gasteiger partial charge in [0.1, 0.15) is 5.82 Å². The summed E-state index contributed by atoms with van der Waals surface area (Å²) in [5.74, 6) is -0.396. The molecule has 72 valence electrons. The van der Waals surface area contributed by atoms with Crippen molar-refractivity contribution >= 4 is 0 Å². The van der Waals surface area contributed by atoms with Crippen LogP contribution in [0.3, 0.4) is 0 Å². The van der Waals surface area contributed by atoms with E-state index in [4.69, 9.17) is 0 Å². The summed E-state index contributed by atoms with van der Waals surface area (Å²) >= 11 is 0. The number of rotatable bonds is 1. The Bertz CT molecular complexity index is 498. The van der Waals surface area contributed by atoms with Gasteiger partial charge in [0, 0.05) is 13.1 Å². The average Bonchev–Trinajstić information content (AvgIpc) is 2.48. The molecule has 0 amide bonds. The molecule has 1 N–H and O–H groups in total. The molecule has 2 aromatic rings. The Morgan fingerprint density at radius 2 is 2.29 bits per heavy atom. The number of nitrogens with one attached hydrogen (secondary N) is 1. The van der Waals surface area contributed by atoms with E-state index in [0.29, 0.717) is 11.4 Å². The fourth-order valence-electron chi connectivity index (χ4n) is 1.15. The molecule has 0 bridgehead atoms. The van der Waals surface area contributed by atoms with Crippen LogP contribution in [-0.4, -0.2) is 14.8 Å². The van der Waals surface area contributed by atoms with Crippen molar-refractivity contribution in [2.75, 3.05) is 0 Å². The SMILES string of the molecule is Cn1[nH]c(-c2ccc(F)cn2)cc1=O. The van der Waals surface area contributed by atoms with Gasteiger partial charge in [-0.05, 0) is 12.1 Å². The van der Waals surface area contributed by atoms with Crippen LogP contribution in [0, 0.1) is 5.82 Å². The first-order valence-corrected chi connectivity index (χ1v) is 4.05. The molecule has 0 unspecified atom stereocenters. The molecule has 0 fully saturated rings. The minimum atomic E-state index is -0.396. The Hall–Kier alpha value is -1.91. The second kappa shape index (κ2) is 3.10. The molecule has 0 aromatic carbocycles. The van der Waals surface area contributed by atoms with Crippen LogP contribution < -0.4 is 5.56 Å². The van der Waals surface area contributed by atoms with E-state index in [0.717, 1.165) is 6.20 Å². The highest BCUT2D eigenvalue weighted by Gasteiger charge is 2.03. The number of aryl methyl sites for hydroxylation is 1. The third-order valence-electron chi connectivity index (χ3n) is 1.89. The van der Waals surface area contributed by atoms with Crippen LogP contribution >= 0.6 is 0 Å². The zero-order valence-electron chi connectivity index (χ0n) is 7.49. The highest BCUT2D eigenvalue weighted by molar-refractivity contribution is 5.52. The van der Waals surface area contributed by atoms with Crippen molar-refractivity contribution in [3.05, 3.63) is 40.6 Å². The van der Waals surface area contributed by atoms with Gasteiger partial charge >= 0.3 is 0 Å². The van der Waals surface area contributed by atoms with Crippen LogP contribution in [0.4, 0.5) is 4.39 Å². The minimum Gasteiger partial charge on any atom is -0.294 e. The molecule has 0 saturated heterocycles. The maximum atomic E-state index is 12.5. The summed E-state index contributed by atoms with van der Waals surface area (Å²) in [6.07, 6.45) is 1.11. The first-order valence-electron chi connectivity index (χ1n) is 4.05. The lowest BCUT2D eigenvalue weighted by atomic mass is 10.3. The molecule has 2 rings (SSSR count). The summed E-state index contributed by atoms with van der Waals surface area (Å²) < 4.78 is 13.9. The molecule has 2 aromatic heterocycles. The van der Waals surface area contributed by atoms with Gasteiger partial charge in [-0.15, -0.1) is 0 Å². The normalized spacial score (nSPS) is 10.4. The summed E-state index contributed by atoms with van der Waals surface area (Å²) in [6, 6.07) is 4.23. The van der Waals surface area contributed by atoms with Crippen molar-refractivity contribution in [3.63, 3.8) is 0 Å². The molecule has 2 heterocycles. The summed E-state index contributed by atoms with van der Waals surface area (Å²) in [7, 11) is 1.61. The molecule has 5 heteroatoms. The molecule has 0 atom stereocenters. The van der Waals surface area contributed by atoms with Crippen LogP contribution in [0.1, 0.15) is 0 Å². The summed E-state index contributed by atoms with van der Waals surface area (Å²) in [4.78, 5) is 15.0. The quantitative estimate of drug-likeness (QED) is 0.732. The number of halogens is 1. The van der Waals surface area contributed by atoms with Gasteiger partial charge in [-0.25, -0.2) is 4.39 Å². The van der Waals surface area contributed by atoms with E-state index in [2.05, 4.69) is 10.1 Å². The molecule has 0 aliphatic carbocycles. The molecule has 0 spiro atoms. The standard InChI is InChI=1S/C9H8FN3O/c1-13-9(14)4-8(12-13)7-3-2-6(10)5-11-7/h2-5,12H,1H3. The topological polar surface area (TPSA) is 50.7 Å². The summed E-state index contributed by atoms with van der Waals surface area (Å²) in [5.41, 5.74) is 0.979. The number of pyridine rings is 1. The summed E-state index contributed by atoms with van der Waals surface area (Å²) in [5, 5.41) is 2.80. The zero-order valence-corrected chi connectivity index (χ0v) is 7.49. The predicted molar refractivity (Wildman–Crippen MR) is 49.2 cm³/mol. The molecule has 14 heavy (non-hydrogen) atoms. The van der Waals surface area contributed by atoms with Crippen molar-refractivity contribution < 1.29 is 4.39 Å². The van der Waals surface area contributed by atoms with Crippen molar-refractivity contribution in [2.24, 2.45) is 7.05 Å². The Kier molecular flexibility index (Phi) is 1.92. The number of aromatic amines is 1. The van der Waals surface area contributed by atoms with Crippen LogP contribution in [-0.2, 0) is 7.05 Å². The van der Waals surface area contributed by atoms with E-state index in [-0.39, 0.29) is 5.56 Å². The fraction of sp³-hybridized carbons (Fsp3) is 0.111. The monoisotopic (exact) mass is 193 g/mol. The summed E-state index contributed by atoms with van der Waals surface area (Å²) in [6.45, 7) is 0. The number of aromatic nitrogens is 3. The Labute approximate surface area is 79.0 Å². The van der Waals surface area contributed by atoms with E-state index >= 15 is 0 Å². The molecule has 0 aliphatic heterocycles. The molecule has 4 nitrogen and oxygen atoms in total. The van der Waals surface area contributed by atoms with Crippen LogP contribution in [0.5, 0.6) is 0 Å². The van der Waals surface area contributed by atoms with Crippen molar-refractivity contribution in [3.8, 4) is 11.4 Å². The van der Waals surface area contributed by atoms with Gasteiger partial charge in [0.05, 0.1) is 17.6 Å². The van der Waals surface area contributed by atoms with Crippen molar-refractivity contribution in [1.29, 1.82) is 0 Å². The van der Waals surface area contributed by atoms with Gasteiger partial charge < -0.3 is 0 Å². The third-order valence-corrected chi connectivity index (χ3v) is 1.89. The van der Waals surface area contributed by atoms with Gasteiger partial charge in [-0.2, -0.15) is 0 Å². The number of nitrogens with zero attached hydrogens (tertiary/aromatic N) is 2. The second-order valence-corrected chi connectivity index (χ2v) is 2.93. The van der Waals surface area contributed by atoms with Gasteiger partial charge in [0.2, 0.25) is 0 Å². The largest absolute Gasteiger partial charge is 0.294 e. The molecule has 0 saturated carbocycles. The minimum absolute atomic E-state index is 0.147. The Balaban J connectivity index is 2.49. The van der Waals surface area contributed by atoms with Crippen LogP contribution in [0.25, 0.3) is 11.4 Å². The molecular formula is C9H8FN3O. The van der Waals surface area contributed by atoms with Crippen molar-refractivity contribution in [2.45, 2.75) is 0 Å². The predicted octanol–water partition coefficient (Wildman–Crippen LogP) is 0.914. The fourth-order valence-corrected chi connectivity index (χ4v) is 1.15. The van der Waals surface area contributed by atoms with Gasteiger partial charge in [0.15, 0.2) is 0 Å². The second-order valence-electron chi connectivity index (χ2n) is 2.93. The van der Waals surface area contributed by atoms with E-state index in [1.807, 2.05) is 0 Å². The van der Waals surface area contributed by atoms with Crippen molar-refractivity contribution in [1.82, 2.24) is 14.8 Å². The van der Waals surface area contributed by atoms with Crippen LogP contribution in [0.15, 0.2) is 29.2 Å². The first-order chi connectivity index (χ1) is 6.66. The Morgan fingerprint density at radius 1 is 1.50 bits per heavy atom. The lowest BCUT2D eigenvalue weighted by Crippen LogP contribution is -2.09. The smallest absolute Gasteiger partial charge is 0.266 e. The Morgan fingerprint density at radius 3 is 2.79 bits per heavy atom. The van der Waals surface area contributed by atoms with Crippen LogP contribution in [0.2, 0.25) is 0 Å². The van der Waals surface area contributed by atoms with E-state index in [9.17, 15) is 9.18 Å². The maximum absolute atomic E-state index is 12.5. The van der Waals surface area contributed by atoms with E-state index in [1.54, 1.807) is 7.05 Å². The van der Waals surface area contributed by atoms with Gasteiger partial charge in [-0.3, -0.25) is 19.6 Å². The lowest BCUT2D eigenvalue weighted by molar-refractivity contribution is 0.621. The van der Waals surface area contributed by atoms with Gasteiger partial charge in [-0.1, -0.05) is 0 Å². The van der Waals surface area contributed by atoms with E-state index < -0.39 is 5.82 Å².